The Morgan fingerprint density at radius 3 is 2.40 bits per heavy atom. The molecule has 1 saturated carbocycles. The first kappa shape index (κ1) is 31.3. The lowest BCUT2D eigenvalue weighted by Gasteiger charge is -2.34. The zero-order valence-electron chi connectivity index (χ0n) is 26.2. The zero-order valence-corrected chi connectivity index (χ0v) is 26.2. The van der Waals surface area contributed by atoms with Crippen molar-refractivity contribution in [1.29, 1.82) is 10.8 Å². The van der Waals surface area contributed by atoms with E-state index in [-0.39, 0.29) is 17.9 Å². The van der Waals surface area contributed by atoms with Gasteiger partial charge in [0.05, 0.1) is 0 Å². The van der Waals surface area contributed by atoms with Crippen LogP contribution in [-0.4, -0.2) is 38.7 Å². The van der Waals surface area contributed by atoms with Crippen LogP contribution in [0.4, 0.5) is 4.39 Å². The van der Waals surface area contributed by atoms with E-state index in [0.29, 0.717) is 29.5 Å². The minimum Gasteiger partial charge on any atom is -0.352 e. The molecule has 6 nitrogen and oxygen atoms in total. The van der Waals surface area contributed by atoms with Crippen molar-refractivity contribution < 1.29 is 4.39 Å². The van der Waals surface area contributed by atoms with Crippen molar-refractivity contribution in [3.05, 3.63) is 82.0 Å². The summed E-state index contributed by atoms with van der Waals surface area (Å²) in [5.41, 5.74) is 6.72. The van der Waals surface area contributed by atoms with Crippen molar-refractivity contribution in [2.24, 2.45) is 4.99 Å². The van der Waals surface area contributed by atoms with Crippen LogP contribution in [0.5, 0.6) is 0 Å². The minimum atomic E-state index is -0.252. The van der Waals surface area contributed by atoms with Crippen LogP contribution in [0.1, 0.15) is 107 Å². The van der Waals surface area contributed by atoms with Gasteiger partial charge in [-0.3, -0.25) is 10.8 Å². The van der Waals surface area contributed by atoms with Gasteiger partial charge in [-0.25, -0.2) is 14.4 Å². The Kier molecular flexibility index (Phi) is 10.5. The third-order valence-corrected chi connectivity index (χ3v) is 8.49. The topological polar surface area (TPSA) is 81.1 Å². The maximum atomic E-state index is 15.9. The highest BCUT2D eigenvalue weighted by Crippen LogP contribution is 2.31. The Hall–Kier alpha value is -3.61. The molecule has 0 bridgehead atoms. The number of halogens is 1. The van der Waals surface area contributed by atoms with Gasteiger partial charge in [0, 0.05) is 41.5 Å². The second-order valence-corrected chi connectivity index (χ2v) is 12.1. The van der Waals surface area contributed by atoms with Gasteiger partial charge in [-0.2, -0.15) is 0 Å². The highest BCUT2D eigenvalue weighted by Gasteiger charge is 2.24. The van der Waals surface area contributed by atoms with Crippen molar-refractivity contribution in [3.63, 3.8) is 0 Å². The molecule has 0 spiro atoms. The molecule has 0 radical (unpaired) electrons. The molecule has 4 rings (SSSR count). The molecular weight excluding hydrogens is 523 g/mol. The molecule has 0 unspecified atom stereocenters. The van der Waals surface area contributed by atoms with Crippen LogP contribution >= 0.6 is 0 Å². The van der Waals surface area contributed by atoms with Crippen molar-refractivity contribution >= 4 is 12.2 Å². The fourth-order valence-electron chi connectivity index (χ4n) is 6.59. The van der Waals surface area contributed by atoms with Gasteiger partial charge in [-0.05, 0) is 82.2 Å². The molecular formula is C35H47FN6. The highest BCUT2D eigenvalue weighted by atomic mass is 19.1. The van der Waals surface area contributed by atoms with E-state index in [9.17, 15) is 0 Å². The fraction of sp³-hybridized carbons (Fsp3) is 0.486. The number of aryl methyl sites for hydroxylation is 1. The molecule has 0 saturated heterocycles. The Morgan fingerprint density at radius 1 is 1.10 bits per heavy atom. The first-order valence-electron chi connectivity index (χ1n) is 15.6. The second-order valence-electron chi connectivity index (χ2n) is 12.1. The quantitative estimate of drug-likeness (QED) is 0.191. The molecule has 0 amide bonds. The molecule has 1 aliphatic rings. The van der Waals surface area contributed by atoms with Crippen LogP contribution in [0.15, 0.2) is 47.5 Å². The molecule has 3 aromatic rings. The van der Waals surface area contributed by atoms with E-state index in [4.69, 9.17) is 15.8 Å². The maximum Gasteiger partial charge on any atom is 0.231 e. The number of aromatic nitrogens is 2. The van der Waals surface area contributed by atoms with E-state index < -0.39 is 0 Å². The van der Waals surface area contributed by atoms with E-state index in [1.54, 1.807) is 6.07 Å². The molecule has 1 aliphatic carbocycles. The summed E-state index contributed by atoms with van der Waals surface area (Å²) in [7, 11) is 0. The van der Waals surface area contributed by atoms with E-state index >= 15 is 4.39 Å². The fourth-order valence-corrected chi connectivity index (χ4v) is 6.59. The van der Waals surface area contributed by atoms with Gasteiger partial charge in [0.25, 0.3) is 0 Å². The van der Waals surface area contributed by atoms with Gasteiger partial charge in [0.1, 0.15) is 18.0 Å². The third-order valence-electron chi connectivity index (χ3n) is 8.49. The van der Waals surface area contributed by atoms with Gasteiger partial charge >= 0.3 is 0 Å². The number of amidine groups is 1. The number of benzene rings is 2. The Bertz CT molecular complexity index is 1470. The predicted octanol–water partition coefficient (Wildman–Crippen LogP) is 8.00. The van der Waals surface area contributed by atoms with Gasteiger partial charge in [0.15, 0.2) is 0 Å². The molecule has 1 fully saturated rings. The van der Waals surface area contributed by atoms with Crippen molar-refractivity contribution in [1.82, 2.24) is 14.5 Å². The number of rotatable bonds is 10. The largest absolute Gasteiger partial charge is 0.352 e. The molecule has 2 aromatic carbocycles. The summed E-state index contributed by atoms with van der Waals surface area (Å²) in [6, 6.07) is 14.0. The van der Waals surface area contributed by atoms with Crippen molar-refractivity contribution in [3.8, 4) is 11.1 Å². The van der Waals surface area contributed by atoms with E-state index in [1.807, 2.05) is 36.4 Å². The molecule has 7 heteroatoms. The van der Waals surface area contributed by atoms with E-state index in [0.717, 1.165) is 65.7 Å². The number of nitrogens with one attached hydrogen (secondary N) is 2. The Labute approximate surface area is 250 Å². The van der Waals surface area contributed by atoms with Crippen LogP contribution in [0.2, 0.25) is 0 Å². The second kappa shape index (κ2) is 14.0. The Morgan fingerprint density at radius 2 is 1.79 bits per heavy atom. The number of hydrogen-bond donors (Lipinski definition) is 2. The number of nitrogens with zero attached hydrogens (tertiary/aromatic N) is 4. The standard InChI is InChI=1S/C35H47FN6/c1-7-13-33-31(25(6)42(35(40-33)39-22-37)28-14-9-8-10-15-28)20-27-19-18-26(21-32(27)36)29-16-11-12-17-30(29)34(38)41(23(2)3)24(4)5/h11-12,16-19,21-24,28,37-38H,7-10,13-15,20H2,1-6H3. The van der Waals surface area contributed by atoms with Crippen LogP contribution in [0.25, 0.3) is 11.1 Å². The van der Waals surface area contributed by atoms with Gasteiger partial charge in [-0.15, -0.1) is 0 Å². The van der Waals surface area contributed by atoms with Gasteiger partial charge < -0.3 is 9.47 Å². The summed E-state index contributed by atoms with van der Waals surface area (Å²) in [4.78, 5) is 11.4. The normalized spacial score (nSPS) is 14.5. The number of hydrogen-bond acceptors (Lipinski definition) is 3. The van der Waals surface area contributed by atoms with Crippen molar-refractivity contribution in [2.75, 3.05) is 0 Å². The first-order valence-corrected chi connectivity index (χ1v) is 15.6. The van der Waals surface area contributed by atoms with Crippen LogP contribution < -0.4 is 5.62 Å². The maximum absolute atomic E-state index is 15.9. The summed E-state index contributed by atoms with van der Waals surface area (Å²) in [5.74, 6) is 0.200. The minimum absolute atomic E-state index is 0.174. The molecule has 0 atom stereocenters. The zero-order chi connectivity index (χ0) is 30.4. The molecule has 224 valence electrons. The summed E-state index contributed by atoms with van der Waals surface area (Å²) in [6.07, 6.45) is 8.96. The average molecular weight is 571 g/mol. The average Bonchev–Trinajstić information content (AvgIpc) is 2.96. The van der Waals surface area contributed by atoms with E-state index in [1.165, 1.54) is 19.3 Å². The molecule has 1 aromatic heterocycles. The van der Waals surface area contributed by atoms with Crippen LogP contribution in [0, 0.1) is 23.6 Å². The Balaban J connectivity index is 1.75. The lowest BCUT2D eigenvalue weighted by atomic mass is 9.92. The van der Waals surface area contributed by atoms with Crippen LogP contribution in [-0.2, 0) is 12.8 Å². The summed E-state index contributed by atoms with van der Waals surface area (Å²) < 4.78 is 18.1. The lowest BCUT2D eigenvalue weighted by molar-refractivity contribution is 0.291. The first-order chi connectivity index (χ1) is 20.2. The van der Waals surface area contributed by atoms with Crippen molar-refractivity contribution in [2.45, 2.75) is 111 Å². The van der Waals surface area contributed by atoms with Crippen LogP contribution in [0.3, 0.4) is 0 Å². The summed E-state index contributed by atoms with van der Waals surface area (Å²) >= 11 is 0. The molecule has 2 N–H and O–H groups in total. The molecule has 1 heterocycles. The SMILES string of the molecule is CCCc1nc(=NC=N)n(C2CCCCC2)c(C)c1Cc1ccc(-c2ccccc2C(=N)N(C(C)C)C(C)C)cc1F. The summed E-state index contributed by atoms with van der Waals surface area (Å²) in [5, 5.41) is 16.7. The van der Waals surface area contributed by atoms with Gasteiger partial charge in [0.2, 0.25) is 5.62 Å². The van der Waals surface area contributed by atoms with E-state index in [2.05, 4.69) is 56.0 Å². The summed E-state index contributed by atoms with van der Waals surface area (Å²) in [6.45, 7) is 12.6. The molecule has 0 aliphatic heterocycles. The van der Waals surface area contributed by atoms with Gasteiger partial charge in [-0.1, -0.05) is 69.0 Å². The highest BCUT2D eigenvalue weighted by molar-refractivity contribution is 6.02. The molecule has 42 heavy (non-hydrogen) atoms. The lowest BCUT2D eigenvalue weighted by Crippen LogP contribution is -2.42. The smallest absolute Gasteiger partial charge is 0.231 e. The third kappa shape index (κ3) is 6.71. The monoisotopic (exact) mass is 570 g/mol. The predicted molar refractivity (Wildman–Crippen MR) is 171 cm³/mol.